The van der Waals surface area contributed by atoms with Crippen molar-refractivity contribution in [1.29, 1.82) is 0 Å². The second-order valence-corrected chi connectivity index (χ2v) is 10.6. The predicted octanol–water partition coefficient (Wildman–Crippen LogP) is 5.39. The molecule has 3 aromatic rings. The highest BCUT2D eigenvalue weighted by atomic mass is 35.5. The maximum atomic E-state index is 13.5. The maximum absolute atomic E-state index is 13.5. The molecule has 1 aliphatic rings. The van der Waals surface area contributed by atoms with E-state index in [-0.39, 0.29) is 26.7 Å². The highest BCUT2D eigenvalue weighted by molar-refractivity contribution is 7.92. The van der Waals surface area contributed by atoms with E-state index >= 15 is 0 Å². The van der Waals surface area contributed by atoms with Crippen molar-refractivity contribution in [3.8, 4) is 5.75 Å². The average molecular weight is 519 g/mol. The molecule has 0 fully saturated rings. The van der Waals surface area contributed by atoms with E-state index in [4.69, 9.17) is 27.9 Å². The summed E-state index contributed by atoms with van der Waals surface area (Å²) in [6.45, 7) is -0.445. The van der Waals surface area contributed by atoms with Gasteiger partial charge in [0, 0.05) is 0 Å². The van der Waals surface area contributed by atoms with Crippen LogP contribution in [-0.2, 0) is 21.2 Å². The van der Waals surface area contributed by atoms with E-state index in [0.717, 1.165) is 40.4 Å². The number of methoxy groups -OCH3 is 1. The molecule has 4 rings (SSSR count). The third-order valence-corrected chi connectivity index (χ3v) is 8.40. The van der Waals surface area contributed by atoms with Crippen LogP contribution < -0.4 is 14.4 Å². The van der Waals surface area contributed by atoms with Crippen LogP contribution in [0.5, 0.6) is 5.75 Å². The number of rotatable bonds is 7. The van der Waals surface area contributed by atoms with Crippen LogP contribution in [0.3, 0.4) is 0 Å². The molecule has 0 saturated carbocycles. The number of ether oxygens (including phenoxy) is 1. The van der Waals surface area contributed by atoms with Crippen LogP contribution >= 0.6 is 23.2 Å². The molecule has 0 radical (unpaired) electrons. The Balaban J connectivity index is 1.64. The highest BCUT2D eigenvalue weighted by Crippen LogP contribution is 2.36. The highest BCUT2D eigenvalue weighted by Gasteiger charge is 2.30. The Morgan fingerprint density at radius 3 is 2.59 bits per heavy atom. The fourth-order valence-corrected chi connectivity index (χ4v) is 6.04. The van der Waals surface area contributed by atoms with Gasteiger partial charge in [-0.05, 0) is 66.8 Å². The van der Waals surface area contributed by atoms with E-state index in [9.17, 15) is 13.2 Å². The van der Waals surface area contributed by atoms with Gasteiger partial charge in [0.05, 0.1) is 33.8 Å². The molecule has 1 unspecified atom stereocenters. The summed E-state index contributed by atoms with van der Waals surface area (Å²) in [7, 11) is -2.47. The zero-order chi connectivity index (χ0) is 24.3. The van der Waals surface area contributed by atoms with E-state index in [1.54, 1.807) is 37.4 Å². The molecule has 1 atom stereocenters. The molecule has 0 bridgehead atoms. The minimum absolute atomic E-state index is 0.0500. The molecule has 0 aromatic heterocycles. The van der Waals surface area contributed by atoms with Gasteiger partial charge in [-0.25, -0.2) is 8.42 Å². The summed E-state index contributed by atoms with van der Waals surface area (Å²) in [5.74, 6) is 0.325. The van der Waals surface area contributed by atoms with Crippen molar-refractivity contribution in [3.63, 3.8) is 0 Å². The Morgan fingerprint density at radius 1 is 1.09 bits per heavy atom. The third-order valence-electron chi connectivity index (χ3n) is 5.82. The van der Waals surface area contributed by atoms with Crippen molar-refractivity contribution in [2.75, 3.05) is 18.0 Å². The molecule has 1 amide bonds. The van der Waals surface area contributed by atoms with Gasteiger partial charge in [-0.1, -0.05) is 53.5 Å². The number of amides is 1. The second kappa shape index (κ2) is 10.3. The van der Waals surface area contributed by atoms with Gasteiger partial charge in [-0.15, -0.1) is 0 Å². The first-order valence-corrected chi connectivity index (χ1v) is 13.0. The van der Waals surface area contributed by atoms with Gasteiger partial charge in [0.25, 0.3) is 10.0 Å². The van der Waals surface area contributed by atoms with Crippen molar-refractivity contribution >= 4 is 44.8 Å². The molecular formula is C25H24Cl2N2O4S. The van der Waals surface area contributed by atoms with Gasteiger partial charge in [0.15, 0.2) is 0 Å². The maximum Gasteiger partial charge on any atom is 0.264 e. The molecule has 9 heteroatoms. The van der Waals surface area contributed by atoms with E-state index < -0.39 is 22.5 Å². The minimum Gasteiger partial charge on any atom is -0.497 e. The number of sulfonamides is 1. The molecule has 0 spiro atoms. The standard InChI is InChI=1S/C25H24Cl2N2O4S/c1-33-18-13-14-20-17(15-18)7-5-11-22(20)28-24(30)16-29(23-12-6-10-21(26)25(23)27)34(31,32)19-8-3-2-4-9-19/h2-4,6,8-10,12-15,22H,5,7,11,16H2,1H3,(H,28,30). The van der Waals surface area contributed by atoms with Gasteiger partial charge in [-0.2, -0.15) is 0 Å². The lowest BCUT2D eigenvalue weighted by Gasteiger charge is -2.29. The zero-order valence-corrected chi connectivity index (χ0v) is 20.8. The van der Waals surface area contributed by atoms with Gasteiger partial charge in [-0.3, -0.25) is 9.10 Å². The monoisotopic (exact) mass is 518 g/mol. The second-order valence-electron chi connectivity index (χ2n) is 7.97. The lowest BCUT2D eigenvalue weighted by atomic mass is 9.87. The Kier molecular flexibility index (Phi) is 7.36. The molecule has 0 heterocycles. The Labute approximate surface area is 209 Å². The Morgan fingerprint density at radius 2 is 1.85 bits per heavy atom. The van der Waals surface area contributed by atoms with E-state index in [1.807, 2.05) is 18.2 Å². The molecule has 0 aliphatic heterocycles. The van der Waals surface area contributed by atoms with E-state index in [0.29, 0.717) is 0 Å². The third kappa shape index (κ3) is 5.02. The number of nitrogens with one attached hydrogen (secondary N) is 1. The average Bonchev–Trinajstić information content (AvgIpc) is 2.85. The van der Waals surface area contributed by atoms with Crippen molar-refractivity contribution in [1.82, 2.24) is 5.32 Å². The number of carbonyl (C=O) groups excluding carboxylic acids is 1. The predicted molar refractivity (Wildman–Crippen MR) is 134 cm³/mol. The normalized spacial score (nSPS) is 15.3. The number of anilines is 1. The van der Waals surface area contributed by atoms with Crippen LogP contribution in [0.15, 0.2) is 71.6 Å². The van der Waals surface area contributed by atoms with Crippen LogP contribution in [-0.4, -0.2) is 28.0 Å². The summed E-state index contributed by atoms with van der Waals surface area (Å²) in [6.07, 6.45) is 2.55. The van der Waals surface area contributed by atoms with Gasteiger partial charge in [0.1, 0.15) is 12.3 Å². The summed E-state index contributed by atoms with van der Waals surface area (Å²) in [5.41, 5.74) is 2.27. The number of hydrogen-bond acceptors (Lipinski definition) is 4. The fraction of sp³-hybridized carbons (Fsp3) is 0.240. The summed E-state index contributed by atoms with van der Waals surface area (Å²) in [6, 6.07) is 18.2. The fourth-order valence-electron chi connectivity index (χ4n) is 4.14. The summed E-state index contributed by atoms with van der Waals surface area (Å²) in [5, 5.41) is 3.27. The number of halogens is 2. The molecular weight excluding hydrogens is 495 g/mol. The van der Waals surface area contributed by atoms with E-state index in [2.05, 4.69) is 5.32 Å². The van der Waals surface area contributed by atoms with Gasteiger partial charge >= 0.3 is 0 Å². The molecule has 1 aliphatic carbocycles. The number of nitrogens with zero attached hydrogens (tertiary/aromatic N) is 1. The SMILES string of the molecule is COc1ccc2c(c1)CCCC2NC(=O)CN(c1cccc(Cl)c1Cl)S(=O)(=O)c1ccccc1. The first-order chi connectivity index (χ1) is 16.3. The lowest BCUT2D eigenvalue weighted by molar-refractivity contribution is -0.120. The van der Waals surface area contributed by atoms with Gasteiger partial charge < -0.3 is 10.1 Å². The molecule has 178 valence electrons. The van der Waals surface area contributed by atoms with Crippen LogP contribution in [0.4, 0.5) is 5.69 Å². The number of fused-ring (bicyclic) bond motifs is 1. The first kappa shape index (κ1) is 24.4. The van der Waals surface area contributed by atoms with Crippen molar-refractivity contribution < 1.29 is 17.9 Å². The largest absolute Gasteiger partial charge is 0.497 e. The number of aryl methyl sites for hydroxylation is 1. The van der Waals surface area contributed by atoms with Crippen LogP contribution in [0.25, 0.3) is 0 Å². The Hall–Kier alpha value is -2.74. The Bertz CT molecular complexity index is 1300. The minimum atomic E-state index is -4.09. The zero-order valence-electron chi connectivity index (χ0n) is 18.5. The first-order valence-electron chi connectivity index (χ1n) is 10.8. The van der Waals surface area contributed by atoms with Crippen LogP contribution in [0.1, 0.15) is 30.0 Å². The van der Waals surface area contributed by atoms with Gasteiger partial charge in [0.2, 0.25) is 5.91 Å². The summed E-state index contributed by atoms with van der Waals surface area (Å²) < 4.78 is 33.4. The molecule has 1 N–H and O–H groups in total. The van der Waals surface area contributed by atoms with Crippen molar-refractivity contribution in [3.05, 3.63) is 87.9 Å². The molecule has 0 saturated heterocycles. The van der Waals surface area contributed by atoms with Crippen LogP contribution in [0, 0.1) is 0 Å². The lowest BCUT2D eigenvalue weighted by Crippen LogP contribution is -2.42. The summed E-state index contributed by atoms with van der Waals surface area (Å²) >= 11 is 12.5. The number of benzene rings is 3. The van der Waals surface area contributed by atoms with Crippen molar-refractivity contribution in [2.24, 2.45) is 0 Å². The van der Waals surface area contributed by atoms with Crippen LogP contribution in [0.2, 0.25) is 10.0 Å². The molecule has 3 aromatic carbocycles. The number of hydrogen-bond donors (Lipinski definition) is 1. The summed E-state index contributed by atoms with van der Waals surface area (Å²) in [4.78, 5) is 13.2. The smallest absolute Gasteiger partial charge is 0.264 e. The van der Waals surface area contributed by atoms with Crippen molar-refractivity contribution in [2.45, 2.75) is 30.2 Å². The molecule has 6 nitrogen and oxygen atoms in total. The quantitative estimate of drug-likeness (QED) is 0.454. The number of carbonyl (C=O) groups is 1. The van der Waals surface area contributed by atoms with E-state index in [1.165, 1.54) is 18.2 Å². The topological polar surface area (TPSA) is 75.7 Å². The molecule has 34 heavy (non-hydrogen) atoms.